The molecule has 0 saturated heterocycles. The molecule has 2 nitrogen and oxygen atoms in total. The molecule has 0 aromatic heterocycles. The molecule has 0 spiro atoms. The third kappa shape index (κ3) is 3.96. The van der Waals surface area contributed by atoms with Gasteiger partial charge in [0.1, 0.15) is 0 Å². The van der Waals surface area contributed by atoms with Crippen molar-refractivity contribution in [1.82, 2.24) is 10.2 Å². The first-order chi connectivity index (χ1) is 8.20. The van der Waals surface area contributed by atoms with E-state index in [1.54, 1.807) is 0 Å². The Bertz CT molecular complexity index is 229. The highest BCUT2D eigenvalue weighted by Crippen LogP contribution is 2.38. The zero-order chi connectivity index (χ0) is 12.3. The molecule has 2 aliphatic rings. The van der Waals surface area contributed by atoms with Gasteiger partial charge in [0.15, 0.2) is 0 Å². The summed E-state index contributed by atoms with van der Waals surface area (Å²) in [6.07, 6.45) is 7.00. The van der Waals surface area contributed by atoms with E-state index in [1.165, 1.54) is 51.7 Å². The van der Waals surface area contributed by atoms with Gasteiger partial charge in [-0.05, 0) is 57.0 Å². The van der Waals surface area contributed by atoms with Crippen molar-refractivity contribution in [1.29, 1.82) is 0 Å². The van der Waals surface area contributed by atoms with Crippen LogP contribution in [0.1, 0.15) is 46.0 Å². The fourth-order valence-electron chi connectivity index (χ4n) is 3.38. The zero-order valence-corrected chi connectivity index (χ0v) is 11.9. The summed E-state index contributed by atoms with van der Waals surface area (Å²) in [7, 11) is 2.32. The Balaban J connectivity index is 1.68. The number of nitrogens with zero attached hydrogens (tertiary/aromatic N) is 1. The number of hydrogen-bond donors (Lipinski definition) is 1. The van der Waals surface area contributed by atoms with E-state index in [0.29, 0.717) is 0 Å². The monoisotopic (exact) mass is 238 g/mol. The Labute approximate surface area is 107 Å². The number of rotatable bonds is 7. The van der Waals surface area contributed by atoms with Crippen LogP contribution in [-0.2, 0) is 0 Å². The second-order valence-corrected chi connectivity index (χ2v) is 6.45. The maximum absolute atomic E-state index is 3.74. The summed E-state index contributed by atoms with van der Waals surface area (Å²) in [6, 6.07) is 0.800. The molecule has 2 aliphatic carbocycles. The summed E-state index contributed by atoms with van der Waals surface area (Å²) < 4.78 is 0. The molecular weight excluding hydrogens is 208 g/mol. The SMILES string of the molecule is CCCNC1CCCC1CN(C)CC1CC1C. The minimum absolute atomic E-state index is 0.800. The minimum atomic E-state index is 0.800. The van der Waals surface area contributed by atoms with Gasteiger partial charge >= 0.3 is 0 Å². The normalized spacial score (nSPS) is 36.7. The van der Waals surface area contributed by atoms with E-state index in [-0.39, 0.29) is 0 Å². The lowest BCUT2D eigenvalue weighted by Gasteiger charge is -2.26. The topological polar surface area (TPSA) is 15.3 Å². The van der Waals surface area contributed by atoms with E-state index >= 15 is 0 Å². The second kappa shape index (κ2) is 6.19. The van der Waals surface area contributed by atoms with Crippen molar-refractivity contribution in [3.63, 3.8) is 0 Å². The van der Waals surface area contributed by atoms with Gasteiger partial charge in [0.05, 0.1) is 0 Å². The molecular formula is C15H30N2. The highest BCUT2D eigenvalue weighted by atomic mass is 15.1. The second-order valence-electron chi connectivity index (χ2n) is 6.45. The first-order valence-electron chi connectivity index (χ1n) is 7.62. The average molecular weight is 238 g/mol. The number of nitrogens with one attached hydrogen (secondary N) is 1. The molecule has 0 amide bonds. The fourth-order valence-corrected chi connectivity index (χ4v) is 3.38. The Morgan fingerprint density at radius 3 is 2.53 bits per heavy atom. The number of hydrogen-bond acceptors (Lipinski definition) is 2. The van der Waals surface area contributed by atoms with Gasteiger partial charge in [-0.2, -0.15) is 0 Å². The highest BCUT2D eigenvalue weighted by molar-refractivity contribution is 4.88. The molecule has 2 heteroatoms. The van der Waals surface area contributed by atoms with Crippen molar-refractivity contribution >= 4 is 0 Å². The van der Waals surface area contributed by atoms with Crippen LogP contribution in [0.3, 0.4) is 0 Å². The molecule has 4 atom stereocenters. The minimum Gasteiger partial charge on any atom is -0.314 e. The van der Waals surface area contributed by atoms with Crippen LogP contribution >= 0.6 is 0 Å². The van der Waals surface area contributed by atoms with Crippen molar-refractivity contribution in [3.8, 4) is 0 Å². The lowest BCUT2D eigenvalue weighted by atomic mass is 10.0. The Kier molecular flexibility index (Phi) is 4.87. The molecule has 4 unspecified atom stereocenters. The van der Waals surface area contributed by atoms with Crippen LogP contribution < -0.4 is 5.32 Å². The van der Waals surface area contributed by atoms with Gasteiger partial charge < -0.3 is 10.2 Å². The molecule has 0 aliphatic heterocycles. The molecule has 0 heterocycles. The summed E-state index contributed by atoms with van der Waals surface area (Å²) in [5.74, 6) is 2.90. The molecule has 2 fully saturated rings. The van der Waals surface area contributed by atoms with Crippen molar-refractivity contribution in [2.45, 2.75) is 52.0 Å². The molecule has 2 rings (SSSR count). The highest BCUT2D eigenvalue weighted by Gasteiger charge is 2.34. The molecule has 2 saturated carbocycles. The van der Waals surface area contributed by atoms with Crippen LogP contribution in [0.5, 0.6) is 0 Å². The lowest BCUT2D eigenvalue weighted by Crippen LogP contribution is -2.39. The largest absolute Gasteiger partial charge is 0.314 e. The molecule has 0 aromatic rings. The van der Waals surface area contributed by atoms with E-state index < -0.39 is 0 Å². The molecule has 1 N–H and O–H groups in total. The quantitative estimate of drug-likeness (QED) is 0.733. The van der Waals surface area contributed by atoms with E-state index in [0.717, 1.165) is 23.8 Å². The molecule has 100 valence electrons. The average Bonchev–Trinajstić information content (AvgIpc) is 2.80. The van der Waals surface area contributed by atoms with E-state index in [1.807, 2.05) is 0 Å². The van der Waals surface area contributed by atoms with E-state index in [4.69, 9.17) is 0 Å². The van der Waals surface area contributed by atoms with Crippen LogP contribution in [0.25, 0.3) is 0 Å². The lowest BCUT2D eigenvalue weighted by molar-refractivity contribution is 0.241. The van der Waals surface area contributed by atoms with Crippen molar-refractivity contribution in [2.24, 2.45) is 17.8 Å². The molecule has 0 radical (unpaired) electrons. The maximum Gasteiger partial charge on any atom is 0.0107 e. The van der Waals surface area contributed by atoms with E-state index in [2.05, 4.69) is 31.1 Å². The molecule has 0 aromatic carbocycles. The third-order valence-electron chi connectivity index (χ3n) is 4.68. The predicted molar refractivity (Wildman–Crippen MR) is 74.2 cm³/mol. The van der Waals surface area contributed by atoms with Gasteiger partial charge in [-0.15, -0.1) is 0 Å². The molecule has 17 heavy (non-hydrogen) atoms. The van der Waals surface area contributed by atoms with Gasteiger partial charge in [-0.25, -0.2) is 0 Å². The van der Waals surface area contributed by atoms with Crippen LogP contribution in [0, 0.1) is 17.8 Å². The van der Waals surface area contributed by atoms with Crippen molar-refractivity contribution in [3.05, 3.63) is 0 Å². The Hall–Kier alpha value is -0.0800. The summed E-state index contributed by atoms with van der Waals surface area (Å²) >= 11 is 0. The van der Waals surface area contributed by atoms with E-state index in [9.17, 15) is 0 Å². The van der Waals surface area contributed by atoms with Crippen molar-refractivity contribution < 1.29 is 0 Å². The smallest absolute Gasteiger partial charge is 0.0107 e. The fraction of sp³-hybridized carbons (Fsp3) is 1.00. The van der Waals surface area contributed by atoms with Crippen LogP contribution in [0.15, 0.2) is 0 Å². The van der Waals surface area contributed by atoms with Gasteiger partial charge in [0.2, 0.25) is 0 Å². The Morgan fingerprint density at radius 1 is 1.18 bits per heavy atom. The first kappa shape index (κ1) is 13.4. The van der Waals surface area contributed by atoms with Crippen LogP contribution in [-0.4, -0.2) is 37.6 Å². The predicted octanol–water partition coefficient (Wildman–Crippen LogP) is 2.74. The standard InChI is InChI=1S/C15H30N2/c1-4-8-16-15-7-5-6-13(15)10-17(3)11-14-9-12(14)2/h12-16H,4-11H2,1-3H3. The van der Waals surface area contributed by atoms with Gasteiger partial charge in [-0.1, -0.05) is 20.3 Å². The van der Waals surface area contributed by atoms with Gasteiger partial charge in [-0.3, -0.25) is 0 Å². The van der Waals surface area contributed by atoms with Crippen LogP contribution in [0.2, 0.25) is 0 Å². The summed E-state index contributed by atoms with van der Waals surface area (Å²) in [5.41, 5.74) is 0. The first-order valence-corrected chi connectivity index (χ1v) is 7.62. The third-order valence-corrected chi connectivity index (χ3v) is 4.68. The maximum atomic E-state index is 3.74. The van der Waals surface area contributed by atoms with Gasteiger partial charge in [0, 0.05) is 19.1 Å². The van der Waals surface area contributed by atoms with Crippen LogP contribution in [0.4, 0.5) is 0 Å². The summed E-state index contributed by atoms with van der Waals surface area (Å²) in [6.45, 7) is 8.49. The summed E-state index contributed by atoms with van der Waals surface area (Å²) in [5, 5.41) is 3.74. The van der Waals surface area contributed by atoms with Gasteiger partial charge in [0.25, 0.3) is 0 Å². The Morgan fingerprint density at radius 2 is 1.88 bits per heavy atom. The zero-order valence-electron chi connectivity index (χ0n) is 11.9. The summed E-state index contributed by atoms with van der Waals surface area (Å²) in [4.78, 5) is 2.59. The molecule has 0 bridgehead atoms. The van der Waals surface area contributed by atoms with Crippen molar-refractivity contribution in [2.75, 3.05) is 26.7 Å².